The number of nitrogens with zero attached hydrogens (tertiary/aromatic N) is 1. The number of nitrogens with two attached hydrogens (primary N) is 2. The van der Waals surface area contributed by atoms with E-state index in [-0.39, 0.29) is 24.3 Å². The number of nitrogens with one attached hydrogen (secondary N) is 1. The zero-order chi connectivity index (χ0) is 16.8. The molecule has 0 radical (unpaired) electrons. The zero-order valence-corrected chi connectivity index (χ0v) is 13.4. The van der Waals surface area contributed by atoms with Crippen LogP contribution in [0.3, 0.4) is 0 Å². The van der Waals surface area contributed by atoms with Gasteiger partial charge in [0.2, 0.25) is 0 Å². The first kappa shape index (κ1) is 18.4. The number of hydrogen-bond acceptors (Lipinski definition) is 2. The van der Waals surface area contributed by atoms with Crippen LogP contribution in [0.5, 0.6) is 0 Å². The topological polar surface area (TPSA) is 76.4 Å². The van der Waals surface area contributed by atoms with Crippen molar-refractivity contribution in [3.63, 3.8) is 0 Å². The van der Waals surface area contributed by atoms with Crippen LogP contribution in [0.1, 0.15) is 38.3 Å². The highest BCUT2D eigenvalue weighted by molar-refractivity contribution is 5.75. The normalized spacial score (nSPS) is 13.2. The Balaban J connectivity index is 2.56. The number of hydrogen-bond donors (Lipinski definition) is 3. The van der Waals surface area contributed by atoms with Gasteiger partial charge in [-0.2, -0.15) is 0 Å². The second-order valence-corrected chi connectivity index (χ2v) is 6.36. The Labute approximate surface area is 131 Å². The van der Waals surface area contributed by atoms with E-state index in [1.54, 1.807) is 0 Å². The average molecular weight is 312 g/mol. The first-order valence-corrected chi connectivity index (χ1v) is 7.36. The largest absolute Gasteiger partial charge is 0.370 e. The van der Waals surface area contributed by atoms with Gasteiger partial charge in [-0.1, -0.05) is 45.0 Å². The Kier molecular flexibility index (Phi) is 6.74. The summed E-state index contributed by atoms with van der Waals surface area (Å²) in [6.45, 7) is 6.98. The molecular formula is C16H26F2N4. The third kappa shape index (κ3) is 6.39. The molecule has 1 atom stereocenters. The summed E-state index contributed by atoms with van der Waals surface area (Å²) in [5.74, 6) is -0.0780. The first-order chi connectivity index (χ1) is 10.2. The molecule has 0 aliphatic rings. The van der Waals surface area contributed by atoms with E-state index in [4.69, 9.17) is 11.5 Å². The number of rotatable bonds is 7. The summed E-state index contributed by atoms with van der Waals surface area (Å²) >= 11 is 0. The van der Waals surface area contributed by atoms with Crippen LogP contribution < -0.4 is 16.8 Å². The van der Waals surface area contributed by atoms with Crippen LogP contribution in [0.4, 0.5) is 8.78 Å². The molecule has 0 bridgehead atoms. The maximum atomic E-state index is 13.0. The molecule has 0 spiro atoms. The van der Waals surface area contributed by atoms with Crippen LogP contribution in [0.2, 0.25) is 0 Å². The fourth-order valence-electron chi connectivity index (χ4n) is 2.02. The highest BCUT2D eigenvalue weighted by Gasteiger charge is 2.19. The maximum Gasteiger partial charge on any atom is 0.253 e. The van der Waals surface area contributed by atoms with Crippen LogP contribution >= 0.6 is 0 Å². The van der Waals surface area contributed by atoms with Gasteiger partial charge in [-0.05, 0) is 23.0 Å². The van der Waals surface area contributed by atoms with Crippen molar-refractivity contribution in [2.45, 2.75) is 51.6 Å². The van der Waals surface area contributed by atoms with Crippen molar-refractivity contribution < 1.29 is 8.78 Å². The fraction of sp³-hybridized carbons (Fsp3) is 0.562. The summed E-state index contributed by atoms with van der Waals surface area (Å²) in [6, 6.07) is 7.07. The van der Waals surface area contributed by atoms with E-state index in [2.05, 4.69) is 31.1 Å². The molecule has 4 nitrogen and oxygen atoms in total. The average Bonchev–Trinajstić information content (AvgIpc) is 2.41. The monoisotopic (exact) mass is 312 g/mol. The van der Waals surface area contributed by atoms with E-state index in [9.17, 15) is 8.78 Å². The lowest BCUT2D eigenvalue weighted by Gasteiger charge is -2.20. The van der Waals surface area contributed by atoms with Gasteiger partial charge in [-0.25, -0.2) is 8.78 Å². The second kappa shape index (κ2) is 8.08. The van der Waals surface area contributed by atoms with E-state index >= 15 is 0 Å². The van der Waals surface area contributed by atoms with Gasteiger partial charge in [-0.15, -0.1) is 0 Å². The van der Waals surface area contributed by atoms with Gasteiger partial charge < -0.3 is 16.8 Å². The lowest BCUT2D eigenvalue weighted by Crippen LogP contribution is -2.36. The Bertz CT molecular complexity index is 474. The molecule has 0 amide bonds. The third-order valence-electron chi connectivity index (χ3n) is 3.43. The molecule has 0 fully saturated rings. The highest BCUT2D eigenvalue weighted by atomic mass is 19.3. The molecule has 1 rings (SSSR count). The minimum absolute atomic E-state index is 0.0780. The zero-order valence-electron chi connectivity index (χ0n) is 13.4. The molecule has 22 heavy (non-hydrogen) atoms. The molecule has 0 aromatic heterocycles. The third-order valence-corrected chi connectivity index (χ3v) is 3.43. The Morgan fingerprint density at radius 2 is 1.77 bits per heavy atom. The Morgan fingerprint density at radius 1 is 1.18 bits per heavy atom. The fourth-order valence-corrected chi connectivity index (χ4v) is 2.02. The smallest absolute Gasteiger partial charge is 0.253 e. The second-order valence-electron chi connectivity index (χ2n) is 6.36. The number of aliphatic imine (C=N–C) groups is 1. The van der Waals surface area contributed by atoms with E-state index in [1.807, 2.05) is 24.3 Å². The van der Waals surface area contributed by atoms with Crippen molar-refractivity contribution in [1.82, 2.24) is 5.32 Å². The van der Waals surface area contributed by atoms with Gasteiger partial charge in [0.25, 0.3) is 6.43 Å². The summed E-state index contributed by atoms with van der Waals surface area (Å²) in [7, 11) is 0. The van der Waals surface area contributed by atoms with Gasteiger partial charge >= 0.3 is 0 Å². The van der Waals surface area contributed by atoms with Crippen molar-refractivity contribution >= 4 is 5.96 Å². The molecule has 0 saturated carbocycles. The Morgan fingerprint density at radius 3 is 2.23 bits per heavy atom. The molecule has 0 aliphatic carbocycles. The lowest BCUT2D eigenvalue weighted by molar-refractivity contribution is 0.0943. The van der Waals surface area contributed by atoms with Crippen LogP contribution in [0.15, 0.2) is 29.3 Å². The molecule has 1 aromatic carbocycles. The van der Waals surface area contributed by atoms with E-state index < -0.39 is 12.5 Å². The quantitative estimate of drug-likeness (QED) is 0.534. The molecule has 6 heteroatoms. The van der Waals surface area contributed by atoms with Crippen molar-refractivity contribution in [2.75, 3.05) is 6.54 Å². The molecule has 124 valence electrons. The van der Waals surface area contributed by atoms with Crippen molar-refractivity contribution in [1.29, 1.82) is 0 Å². The molecule has 0 heterocycles. The Hall–Kier alpha value is -1.69. The standard InChI is InChI=1S/C16H26F2N4/c1-16(2,3)12-6-4-11(5-7-12)10-22-13(14(17)18)8-9-21-15(19)20/h4-7,13-14,22H,8-10H2,1-3H3,(H4,19,20,21). The molecule has 0 aliphatic heterocycles. The number of alkyl halides is 2. The van der Waals surface area contributed by atoms with Crippen LogP contribution in [-0.4, -0.2) is 25.0 Å². The molecular weight excluding hydrogens is 286 g/mol. The van der Waals surface area contributed by atoms with Crippen LogP contribution in [-0.2, 0) is 12.0 Å². The molecule has 5 N–H and O–H groups in total. The van der Waals surface area contributed by atoms with E-state index in [0.717, 1.165) is 5.56 Å². The number of guanidine groups is 1. The lowest BCUT2D eigenvalue weighted by atomic mass is 9.87. The minimum Gasteiger partial charge on any atom is -0.370 e. The van der Waals surface area contributed by atoms with Gasteiger partial charge in [0.05, 0.1) is 6.04 Å². The summed E-state index contributed by atoms with van der Waals surface area (Å²) in [5, 5.41) is 2.87. The maximum absolute atomic E-state index is 13.0. The van der Waals surface area contributed by atoms with E-state index in [1.165, 1.54) is 5.56 Å². The van der Waals surface area contributed by atoms with Crippen LogP contribution in [0.25, 0.3) is 0 Å². The van der Waals surface area contributed by atoms with Crippen molar-refractivity contribution in [3.8, 4) is 0 Å². The number of halogens is 2. The summed E-state index contributed by atoms with van der Waals surface area (Å²) in [6.07, 6.45) is -2.27. The molecule has 1 unspecified atom stereocenters. The van der Waals surface area contributed by atoms with Gasteiger partial charge in [-0.3, -0.25) is 4.99 Å². The molecule has 0 saturated heterocycles. The van der Waals surface area contributed by atoms with Crippen LogP contribution in [0, 0.1) is 0 Å². The van der Waals surface area contributed by atoms with Gasteiger partial charge in [0.15, 0.2) is 5.96 Å². The SMILES string of the molecule is CC(C)(C)c1ccc(CNC(CCN=C(N)N)C(F)F)cc1. The van der Waals surface area contributed by atoms with Gasteiger partial charge in [0.1, 0.15) is 0 Å². The summed E-state index contributed by atoms with van der Waals surface area (Å²) < 4.78 is 25.9. The predicted octanol–water partition coefficient (Wildman–Crippen LogP) is 2.37. The van der Waals surface area contributed by atoms with Crippen molar-refractivity contribution in [2.24, 2.45) is 16.5 Å². The van der Waals surface area contributed by atoms with Gasteiger partial charge in [0, 0.05) is 13.1 Å². The van der Waals surface area contributed by atoms with Crippen molar-refractivity contribution in [3.05, 3.63) is 35.4 Å². The summed E-state index contributed by atoms with van der Waals surface area (Å²) in [4.78, 5) is 3.74. The highest BCUT2D eigenvalue weighted by Crippen LogP contribution is 2.22. The number of benzene rings is 1. The summed E-state index contributed by atoms with van der Waals surface area (Å²) in [5.41, 5.74) is 12.6. The van der Waals surface area contributed by atoms with E-state index in [0.29, 0.717) is 6.54 Å². The minimum atomic E-state index is -2.46. The first-order valence-electron chi connectivity index (χ1n) is 7.36. The molecule has 1 aromatic rings. The predicted molar refractivity (Wildman–Crippen MR) is 87.1 cm³/mol.